The highest BCUT2D eigenvalue weighted by Gasteiger charge is 2.22. The Morgan fingerprint density at radius 2 is 1.84 bits per heavy atom. The third kappa shape index (κ3) is 4.37. The van der Waals surface area contributed by atoms with Crippen molar-refractivity contribution in [3.8, 4) is 0 Å². The highest BCUT2D eigenvalue weighted by atomic mass is 32.2. The number of rotatable bonds is 6. The van der Waals surface area contributed by atoms with E-state index in [4.69, 9.17) is 5.73 Å². The first kappa shape index (κ1) is 19.0. The maximum Gasteiger partial charge on any atom is 0.264 e. The van der Waals surface area contributed by atoms with Gasteiger partial charge in [0.2, 0.25) is 0 Å². The van der Waals surface area contributed by atoms with Crippen molar-refractivity contribution < 1.29 is 13.2 Å². The Hall–Kier alpha value is -2.38. The molecule has 2 aromatic carbocycles. The number of nitrogens with two attached hydrogens (primary N) is 1. The molecule has 2 rings (SSSR count). The molecule has 6 nitrogen and oxygen atoms in total. The van der Waals surface area contributed by atoms with Crippen LogP contribution in [0, 0.1) is 6.92 Å². The molecule has 7 heteroatoms. The van der Waals surface area contributed by atoms with Gasteiger partial charge in [0.05, 0.1) is 10.6 Å². The molecule has 0 fully saturated rings. The van der Waals surface area contributed by atoms with E-state index in [1.807, 2.05) is 19.1 Å². The lowest BCUT2D eigenvalue weighted by atomic mass is 10.2. The summed E-state index contributed by atoms with van der Waals surface area (Å²) in [6.45, 7) is 4.02. The van der Waals surface area contributed by atoms with E-state index in [1.54, 1.807) is 31.2 Å². The molecule has 0 bridgehead atoms. The third-order valence-electron chi connectivity index (χ3n) is 3.88. The maximum absolute atomic E-state index is 12.8. The van der Waals surface area contributed by atoms with E-state index in [0.29, 0.717) is 12.2 Å². The van der Waals surface area contributed by atoms with E-state index in [9.17, 15) is 13.2 Å². The molecule has 0 saturated heterocycles. The second kappa shape index (κ2) is 7.67. The molecule has 1 atom stereocenters. The highest BCUT2D eigenvalue weighted by Crippen LogP contribution is 2.23. The van der Waals surface area contributed by atoms with Gasteiger partial charge >= 0.3 is 0 Å². The molecule has 0 aromatic heterocycles. The molecule has 1 amide bonds. The number of hydrogen-bond acceptors (Lipinski definition) is 4. The van der Waals surface area contributed by atoms with Crippen molar-refractivity contribution >= 4 is 21.6 Å². The van der Waals surface area contributed by atoms with Crippen LogP contribution in [0.1, 0.15) is 22.8 Å². The topological polar surface area (TPSA) is 92.5 Å². The normalized spacial score (nSPS) is 12.5. The van der Waals surface area contributed by atoms with E-state index >= 15 is 0 Å². The number of carbonyl (C=O) groups is 1. The first-order valence-electron chi connectivity index (χ1n) is 7.92. The van der Waals surface area contributed by atoms with Gasteiger partial charge in [0.25, 0.3) is 15.9 Å². The quantitative estimate of drug-likeness (QED) is 0.822. The minimum atomic E-state index is -3.77. The smallest absolute Gasteiger partial charge is 0.264 e. The first-order valence-corrected chi connectivity index (χ1v) is 9.36. The molecular formula is C18H23N3O3S. The molecule has 0 radical (unpaired) electrons. The van der Waals surface area contributed by atoms with E-state index in [2.05, 4.69) is 5.32 Å². The lowest BCUT2D eigenvalue weighted by molar-refractivity contribution is 0.0941. The Balaban J connectivity index is 2.32. The Labute approximate surface area is 148 Å². The van der Waals surface area contributed by atoms with Crippen molar-refractivity contribution in [2.24, 2.45) is 5.73 Å². The van der Waals surface area contributed by atoms with Gasteiger partial charge in [-0.1, -0.05) is 23.8 Å². The minimum Gasteiger partial charge on any atom is -0.348 e. The summed E-state index contributed by atoms with van der Waals surface area (Å²) < 4.78 is 26.9. The Morgan fingerprint density at radius 3 is 2.44 bits per heavy atom. The van der Waals surface area contributed by atoms with Crippen molar-refractivity contribution in [2.45, 2.75) is 24.8 Å². The fourth-order valence-corrected chi connectivity index (χ4v) is 3.46. The predicted molar refractivity (Wildman–Crippen MR) is 99.2 cm³/mol. The molecule has 0 unspecified atom stereocenters. The van der Waals surface area contributed by atoms with Crippen molar-refractivity contribution in [3.63, 3.8) is 0 Å². The fourth-order valence-electron chi connectivity index (χ4n) is 2.22. The first-order chi connectivity index (χ1) is 11.8. The zero-order valence-corrected chi connectivity index (χ0v) is 15.4. The van der Waals surface area contributed by atoms with E-state index < -0.39 is 10.0 Å². The number of anilines is 1. The number of amides is 1. The number of hydrogen-bond donors (Lipinski definition) is 2. The van der Waals surface area contributed by atoms with Crippen molar-refractivity contribution in [1.29, 1.82) is 0 Å². The van der Waals surface area contributed by atoms with Crippen LogP contribution < -0.4 is 15.4 Å². The molecule has 0 aliphatic rings. The number of nitrogens with one attached hydrogen (secondary N) is 1. The Morgan fingerprint density at radius 1 is 1.20 bits per heavy atom. The highest BCUT2D eigenvalue weighted by molar-refractivity contribution is 7.92. The van der Waals surface area contributed by atoms with Crippen molar-refractivity contribution in [3.05, 3.63) is 59.7 Å². The van der Waals surface area contributed by atoms with E-state index in [-0.39, 0.29) is 22.4 Å². The summed E-state index contributed by atoms with van der Waals surface area (Å²) in [6, 6.07) is 13.0. The lowest BCUT2D eigenvalue weighted by Gasteiger charge is -2.20. The van der Waals surface area contributed by atoms with Gasteiger partial charge in [-0.15, -0.1) is 0 Å². The zero-order valence-electron chi connectivity index (χ0n) is 14.6. The molecule has 0 saturated carbocycles. The number of carbonyl (C=O) groups excluding carboxylic acids is 1. The molecule has 2 aromatic rings. The van der Waals surface area contributed by atoms with Crippen LogP contribution in [-0.4, -0.2) is 34.0 Å². The summed E-state index contributed by atoms with van der Waals surface area (Å²) in [4.78, 5) is 12.3. The van der Waals surface area contributed by atoms with Gasteiger partial charge in [0, 0.05) is 25.2 Å². The van der Waals surface area contributed by atoms with Gasteiger partial charge in [-0.25, -0.2) is 8.42 Å². The van der Waals surface area contributed by atoms with Gasteiger partial charge in [-0.3, -0.25) is 9.10 Å². The molecule has 3 N–H and O–H groups in total. The molecule has 0 aliphatic heterocycles. The summed E-state index contributed by atoms with van der Waals surface area (Å²) in [6.07, 6.45) is 0. The van der Waals surface area contributed by atoms with Gasteiger partial charge in [-0.05, 0) is 44.2 Å². The average Bonchev–Trinajstić information content (AvgIpc) is 2.61. The molecule has 25 heavy (non-hydrogen) atoms. The number of aryl methyl sites for hydroxylation is 1. The Bertz CT molecular complexity index is 848. The third-order valence-corrected chi connectivity index (χ3v) is 5.66. The van der Waals surface area contributed by atoms with Crippen LogP contribution in [-0.2, 0) is 10.0 Å². The molecule has 0 spiro atoms. The molecular weight excluding hydrogens is 338 g/mol. The average molecular weight is 361 g/mol. The van der Waals surface area contributed by atoms with Gasteiger partial charge in [0.1, 0.15) is 0 Å². The van der Waals surface area contributed by atoms with E-state index in [0.717, 1.165) is 5.56 Å². The monoisotopic (exact) mass is 361 g/mol. The largest absolute Gasteiger partial charge is 0.348 e. The second-order valence-electron chi connectivity index (χ2n) is 5.95. The number of nitrogens with zero attached hydrogens (tertiary/aromatic N) is 1. The SMILES string of the molecule is Cc1ccc(N(C)S(=O)(=O)c2cccc(C(=O)N[C@@H](C)CN)c2)cc1. The van der Waals surface area contributed by atoms with Crippen LogP contribution >= 0.6 is 0 Å². The zero-order chi connectivity index (χ0) is 18.6. The van der Waals surface area contributed by atoms with Gasteiger partial charge in [-0.2, -0.15) is 0 Å². The molecule has 134 valence electrons. The fraction of sp³-hybridized carbons (Fsp3) is 0.278. The van der Waals surface area contributed by atoms with Gasteiger partial charge in [0.15, 0.2) is 0 Å². The molecule has 0 heterocycles. The van der Waals surface area contributed by atoms with Crippen molar-refractivity contribution in [2.75, 3.05) is 17.9 Å². The summed E-state index contributed by atoms with van der Waals surface area (Å²) in [7, 11) is -2.28. The standard InChI is InChI=1S/C18H23N3O3S/c1-13-7-9-16(10-8-13)21(3)25(23,24)17-6-4-5-15(11-17)18(22)20-14(2)12-19/h4-11,14H,12,19H2,1-3H3,(H,20,22)/t14-/m0/s1. The van der Waals surface area contributed by atoms with Crippen LogP contribution in [0.25, 0.3) is 0 Å². The Kier molecular flexibility index (Phi) is 5.81. The summed E-state index contributed by atoms with van der Waals surface area (Å²) in [5.41, 5.74) is 7.37. The van der Waals surface area contributed by atoms with E-state index in [1.165, 1.54) is 23.5 Å². The van der Waals surface area contributed by atoms with Crippen molar-refractivity contribution in [1.82, 2.24) is 5.32 Å². The summed E-state index contributed by atoms with van der Waals surface area (Å²) >= 11 is 0. The molecule has 0 aliphatic carbocycles. The number of sulfonamides is 1. The van der Waals surface area contributed by atoms with Crippen LogP contribution in [0.2, 0.25) is 0 Å². The lowest BCUT2D eigenvalue weighted by Crippen LogP contribution is -2.37. The van der Waals surface area contributed by atoms with Crippen LogP contribution in [0.3, 0.4) is 0 Å². The predicted octanol–water partition coefficient (Wildman–Crippen LogP) is 1.90. The minimum absolute atomic E-state index is 0.0589. The second-order valence-corrected chi connectivity index (χ2v) is 7.92. The maximum atomic E-state index is 12.8. The number of benzene rings is 2. The summed E-state index contributed by atoms with van der Waals surface area (Å²) in [5, 5.41) is 2.72. The summed E-state index contributed by atoms with van der Waals surface area (Å²) in [5.74, 6) is -0.354. The van der Waals surface area contributed by atoms with Crippen LogP contribution in [0.5, 0.6) is 0 Å². The van der Waals surface area contributed by atoms with Gasteiger partial charge < -0.3 is 11.1 Å². The van der Waals surface area contributed by atoms with Crippen LogP contribution in [0.4, 0.5) is 5.69 Å². The van der Waals surface area contributed by atoms with Crippen LogP contribution in [0.15, 0.2) is 53.4 Å².